The molecule has 8 heteroatoms. The number of hydrogen-bond acceptors (Lipinski definition) is 3. The van der Waals surface area contributed by atoms with E-state index in [1.807, 2.05) is 0 Å². The molecule has 0 rings (SSSR count). The first-order chi connectivity index (χ1) is 8.38. The van der Waals surface area contributed by atoms with Crippen LogP contribution in [0.25, 0.3) is 0 Å². The Morgan fingerprint density at radius 1 is 1.06 bits per heavy atom. The van der Waals surface area contributed by atoms with Crippen LogP contribution >= 0.6 is 0 Å². The molecule has 0 aromatic carbocycles. The smallest absolute Gasteiger partial charge is 0.323 e. The summed E-state index contributed by atoms with van der Waals surface area (Å²) in [4.78, 5) is 35.7. The van der Waals surface area contributed by atoms with Gasteiger partial charge in [0.15, 0.2) is 0 Å². The van der Waals surface area contributed by atoms with Gasteiger partial charge in [0.05, 0.1) is 0 Å². The lowest BCUT2D eigenvalue weighted by Crippen LogP contribution is -2.45. The van der Waals surface area contributed by atoms with Gasteiger partial charge < -0.3 is 25.5 Å². The maximum Gasteiger partial charge on any atom is 0.323 e. The van der Waals surface area contributed by atoms with Crippen molar-refractivity contribution < 1.29 is 19.5 Å². The largest absolute Gasteiger partial charge is 0.480 e. The lowest BCUT2D eigenvalue weighted by molar-refractivity contribution is -0.137. The number of nitrogens with one attached hydrogen (secondary N) is 2. The number of carboxylic acid groups (broad SMARTS) is 1. The van der Waals surface area contributed by atoms with E-state index in [0.717, 1.165) is 4.90 Å². The highest BCUT2D eigenvalue weighted by molar-refractivity contribution is 5.80. The fraction of sp³-hybridized carbons (Fsp3) is 0.700. The predicted octanol–water partition coefficient (Wildman–Crippen LogP) is -0.626. The standard InChI is InChI=1S/C10H20N4O4/c1-4-14(7-8(15)16)10(18)12-6-5-11-9(17)13(2)3/h4-7H2,1-3H3,(H,11,17)(H,12,18)(H,15,16). The predicted molar refractivity (Wildman–Crippen MR) is 65.4 cm³/mol. The highest BCUT2D eigenvalue weighted by atomic mass is 16.4. The van der Waals surface area contributed by atoms with E-state index < -0.39 is 12.0 Å². The molecule has 0 aromatic heterocycles. The molecule has 8 nitrogen and oxygen atoms in total. The highest BCUT2D eigenvalue weighted by Crippen LogP contribution is 1.88. The first kappa shape index (κ1) is 16.0. The zero-order valence-corrected chi connectivity index (χ0v) is 10.9. The second-order valence-corrected chi connectivity index (χ2v) is 3.77. The third kappa shape index (κ3) is 6.56. The summed E-state index contributed by atoms with van der Waals surface area (Å²) in [6, 6.07) is -0.707. The van der Waals surface area contributed by atoms with Gasteiger partial charge in [0.1, 0.15) is 6.54 Å². The molecule has 0 aliphatic heterocycles. The van der Waals surface area contributed by atoms with Crippen molar-refractivity contribution in [3.8, 4) is 0 Å². The molecule has 0 aliphatic carbocycles. The second-order valence-electron chi connectivity index (χ2n) is 3.77. The number of likely N-dealkylation sites (N-methyl/N-ethyl adjacent to an activating group) is 1. The first-order valence-electron chi connectivity index (χ1n) is 5.58. The van der Waals surface area contributed by atoms with Gasteiger partial charge in [-0.2, -0.15) is 0 Å². The molecule has 4 amide bonds. The van der Waals surface area contributed by atoms with Crippen LogP contribution in [0.5, 0.6) is 0 Å². The van der Waals surface area contributed by atoms with E-state index in [4.69, 9.17) is 5.11 Å². The number of hydrogen-bond donors (Lipinski definition) is 3. The van der Waals surface area contributed by atoms with E-state index in [-0.39, 0.29) is 25.7 Å². The van der Waals surface area contributed by atoms with Gasteiger partial charge >= 0.3 is 18.0 Å². The quantitative estimate of drug-likeness (QED) is 0.553. The van der Waals surface area contributed by atoms with Crippen molar-refractivity contribution in [2.45, 2.75) is 6.92 Å². The topological polar surface area (TPSA) is 102 Å². The zero-order valence-electron chi connectivity index (χ0n) is 10.9. The van der Waals surface area contributed by atoms with Gasteiger partial charge in [-0.15, -0.1) is 0 Å². The van der Waals surface area contributed by atoms with E-state index >= 15 is 0 Å². The van der Waals surface area contributed by atoms with Crippen LogP contribution in [0.2, 0.25) is 0 Å². The number of aliphatic carboxylic acids is 1. The molecule has 0 saturated heterocycles. The van der Waals surface area contributed by atoms with E-state index in [1.54, 1.807) is 21.0 Å². The van der Waals surface area contributed by atoms with Crippen LogP contribution in [-0.4, -0.2) is 73.2 Å². The molecule has 0 radical (unpaired) electrons. The van der Waals surface area contributed by atoms with Crippen molar-refractivity contribution in [3.63, 3.8) is 0 Å². The van der Waals surface area contributed by atoms with Crippen LogP contribution in [0.15, 0.2) is 0 Å². The molecule has 18 heavy (non-hydrogen) atoms. The molecular formula is C10H20N4O4. The number of carboxylic acids is 1. The molecule has 0 aromatic rings. The average Bonchev–Trinajstić information content (AvgIpc) is 2.30. The van der Waals surface area contributed by atoms with Gasteiger partial charge in [-0.3, -0.25) is 4.79 Å². The summed E-state index contributed by atoms with van der Waals surface area (Å²) in [5.74, 6) is -1.06. The van der Waals surface area contributed by atoms with Crippen molar-refractivity contribution >= 4 is 18.0 Å². The van der Waals surface area contributed by atoms with Crippen molar-refractivity contribution in [2.75, 3.05) is 40.3 Å². The minimum absolute atomic E-state index is 0.245. The number of carbonyl (C=O) groups excluding carboxylic acids is 2. The van der Waals surface area contributed by atoms with Gasteiger partial charge in [-0.1, -0.05) is 0 Å². The normalized spacial score (nSPS) is 9.50. The lowest BCUT2D eigenvalue weighted by Gasteiger charge is -2.19. The van der Waals surface area contributed by atoms with Crippen molar-refractivity contribution in [3.05, 3.63) is 0 Å². The molecule has 0 saturated carbocycles. The summed E-state index contributed by atoms with van der Waals surface area (Å²) < 4.78 is 0. The average molecular weight is 260 g/mol. The van der Waals surface area contributed by atoms with Crippen LogP contribution < -0.4 is 10.6 Å². The maximum atomic E-state index is 11.5. The molecular weight excluding hydrogens is 240 g/mol. The Morgan fingerprint density at radius 3 is 1.94 bits per heavy atom. The van der Waals surface area contributed by atoms with Gasteiger partial charge in [0.25, 0.3) is 0 Å². The lowest BCUT2D eigenvalue weighted by atomic mass is 10.5. The third-order valence-electron chi connectivity index (χ3n) is 2.08. The van der Waals surface area contributed by atoms with Crippen LogP contribution in [0.4, 0.5) is 9.59 Å². The number of carbonyl (C=O) groups is 3. The van der Waals surface area contributed by atoms with E-state index in [1.165, 1.54) is 4.90 Å². The minimum atomic E-state index is -1.06. The van der Waals surface area contributed by atoms with Crippen LogP contribution in [0, 0.1) is 0 Å². The summed E-state index contributed by atoms with van der Waals surface area (Å²) >= 11 is 0. The van der Waals surface area contributed by atoms with Gasteiger partial charge in [-0.25, -0.2) is 9.59 Å². The second kappa shape index (κ2) is 8.15. The molecule has 0 bridgehead atoms. The van der Waals surface area contributed by atoms with Crippen LogP contribution in [0.1, 0.15) is 6.92 Å². The summed E-state index contributed by atoms with van der Waals surface area (Å²) in [7, 11) is 3.22. The first-order valence-corrected chi connectivity index (χ1v) is 5.58. The van der Waals surface area contributed by atoms with Crippen molar-refractivity contribution in [2.24, 2.45) is 0 Å². The maximum absolute atomic E-state index is 11.5. The molecule has 0 spiro atoms. The summed E-state index contributed by atoms with van der Waals surface area (Å²) in [5, 5.41) is 13.7. The fourth-order valence-electron chi connectivity index (χ4n) is 1.10. The van der Waals surface area contributed by atoms with Crippen molar-refractivity contribution in [1.29, 1.82) is 0 Å². The van der Waals surface area contributed by atoms with E-state index in [2.05, 4.69) is 10.6 Å². The Bertz CT molecular complexity index is 306. The molecule has 0 heterocycles. The molecule has 104 valence electrons. The van der Waals surface area contributed by atoms with Crippen molar-refractivity contribution in [1.82, 2.24) is 20.4 Å². The number of rotatable bonds is 6. The van der Waals surface area contributed by atoms with Crippen LogP contribution in [-0.2, 0) is 4.79 Å². The molecule has 3 N–H and O–H groups in total. The molecule has 0 aliphatic rings. The van der Waals surface area contributed by atoms with Gasteiger partial charge in [-0.05, 0) is 6.92 Å². The highest BCUT2D eigenvalue weighted by Gasteiger charge is 2.13. The zero-order chi connectivity index (χ0) is 14.1. The Hall–Kier alpha value is -1.99. The summed E-state index contributed by atoms with van der Waals surface area (Å²) in [5.41, 5.74) is 0. The summed E-state index contributed by atoms with van der Waals surface area (Å²) in [6.45, 7) is 2.19. The Kier molecular flexibility index (Phi) is 7.25. The Labute approximate surface area is 106 Å². The minimum Gasteiger partial charge on any atom is -0.480 e. The Morgan fingerprint density at radius 2 is 1.56 bits per heavy atom. The molecule has 0 fully saturated rings. The fourth-order valence-corrected chi connectivity index (χ4v) is 1.10. The van der Waals surface area contributed by atoms with E-state index in [0.29, 0.717) is 6.54 Å². The molecule has 0 unspecified atom stereocenters. The number of urea groups is 2. The van der Waals surface area contributed by atoms with E-state index in [9.17, 15) is 14.4 Å². The Balaban J connectivity index is 3.88. The number of nitrogens with zero attached hydrogens (tertiary/aromatic N) is 2. The SMILES string of the molecule is CCN(CC(=O)O)C(=O)NCCNC(=O)N(C)C. The van der Waals surface area contributed by atoms with Gasteiger partial charge in [0.2, 0.25) is 0 Å². The van der Waals surface area contributed by atoms with Gasteiger partial charge in [0, 0.05) is 33.7 Å². The molecule has 0 atom stereocenters. The monoisotopic (exact) mass is 260 g/mol. The van der Waals surface area contributed by atoms with Crippen LogP contribution in [0.3, 0.4) is 0 Å². The third-order valence-corrected chi connectivity index (χ3v) is 2.08. The number of amides is 4. The summed E-state index contributed by atoms with van der Waals surface area (Å²) in [6.07, 6.45) is 0.